The van der Waals surface area contributed by atoms with E-state index in [0.717, 1.165) is 17.1 Å². The zero-order chi connectivity index (χ0) is 35.9. The van der Waals surface area contributed by atoms with E-state index in [1.54, 1.807) is 0 Å². The van der Waals surface area contributed by atoms with Crippen LogP contribution in [0.5, 0.6) is 0 Å². The van der Waals surface area contributed by atoms with Crippen molar-refractivity contribution in [3.63, 3.8) is 0 Å². The fraction of sp³-hybridized carbons (Fsp3) is 0.0769. The van der Waals surface area contributed by atoms with Crippen molar-refractivity contribution in [1.82, 2.24) is 0 Å². The van der Waals surface area contributed by atoms with Gasteiger partial charge in [0.05, 0.1) is 0 Å². The highest BCUT2D eigenvalue weighted by Crippen LogP contribution is 2.40. The predicted molar refractivity (Wildman–Crippen MR) is 229 cm³/mol. The van der Waals surface area contributed by atoms with Crippen LogP contribution in [-0.4, -0.2) is 0 Å². The molecular weight excluding hydrogens is 639 g/mol. The SMILES string of the molecule is CC(C)(C)c1ccc(-c2ccc(N(c3ccc(-c4ccccc4)cc3)c3ccc(-c4ccc5c6ccccc6c6ccccc6c5c4)cc3)cc2)cc1. The first-order valence-electron chi connectivity index (χ1n) is 18.5. The van der Waals surface area contributed by atoms with Crippen LogP contribution in [0.2, 0.25) is 0 Å². The largest absolute Gasteiger partial charge is 0.311 e. The van der Waals surface area contributed by atoms with Crippen LogP contribution in [0.4, 0.5) is 17.1 Å². The summed E-state index contributed by atoms with van der Waals surface area (Å²) in [5.41, 5.74) is 12.1. The van der Waals surface area contributed by atoms with Crippen LogP contribution >= 0.6 is 0 Å². The van der Waals surface area contributed by atoms with Gasteiger partial charge in [0.15, 0.2) is 0 Å². The van der Waals surface area contributed by atoms with Gasteiger partial charge < -0.3 is 4.90 Å². The lowest BCUT2D eigenvalue weighted by atomic mass is 9.86. The van der Waals surface area contributed by atoms with E-state index in [1.165, 1.54) is 71.3 Å². The number of benzene rings is 9. The Kier molecular flexibility index (Phi) is 8.13. The molecule has 0 fully saturated rings. The quantitative estimate of drug-likeness (QED) is 0.158. The van der Waals surface area contributed by atoms with E-state index in [1.807, 2.05) is 0 Å². The van der Waals surface area contributed by atoms with E-state index in [2.05, 4.69) is 220 Å². The first-order valence-corrected chi connectivity index (χ1v) is 18.5. The highest BCUT2D eigenvalue weighted by atomic mass is 15.1. The molecule has 0 amide bonds. The number of nitrogens with zero attached hydrogens (tertiary/aromatic N) is 1. The van der Waals surface area contributed by atoms with Crippen molar-refractivity contribution >= 4 is 49.4 Å². The van der Waals surface area contributed by atoms with Gasteiger partial charge in [-0.1, -0.05) is 172 Å². The van der Waals surface area contributed by atoms with Crippen molar-refractivity contribution in [2.24, 2.45) is 0 Å². The molecule has 0 aliphatic heterocycles. The lowest BCUT2D eigenvalue weighted by molar-refractivity contribution is 0.590. The summed E-state index contributed by atoms with van der Waals surface area (Å²) in [6.45, 7) is 6.78. The third-order valence-electron chi connectivity index (χ3n) is 10.6. The molecule has 0 unspecified atom stereocenters. The number of fused-ring (bicyclic) bond motifs is 6. The van der Waals surface area contributed by atoms with E-state index < -0.39 is 0 Å². The molecule has 0 spiro atoms. The fourth-order valence-electron chi connectivity index (χ4n) is 7.74. The van der Waals surface area contributed by atoms with Gasteiger partial charge in [-0.25, -0.2) is 0 Å². The minimum Gasteiger partial charge on any atom is -0.311 e. The summed E-state index contributed by atoms with van der Waals surface area (Å²) >= 11 is 0. The summed E-state index contributed by atoms with van der Waals surface area (Å²) in [7, 11) is 0. The van der Waals surface area contributed by atoms with Gasteiger partial charge in [0.2, 0.25) is 0 Å². The number of rotatable bonds is 6. The summed E-state index contributed by atoms with van der Waals surface area (Å²) in [4.78, 5) is 2.35. The minimum absolute atomic E-state index is 0.131. The highest BCUT2D eigenvalue weighted by Gasteiger charge is 2.16. The third kappa shape index (κ3) is 6.15. The van der Waals surface area contributed by atoms with E-state index in [9.17, 15) is 0 Å². The molecule has 0 heterocycles. The van der Waals surface area contributed by atoms with Crippen LogP contribution in [-0.2, 0) is 5.41 Å². The molecule has 9 aromatic rings. The second-order valence-electron chi connectivity index (χ2n) is 15.0. The van der Waals surface area contributed by atoms with E-state index in [0.29, 0.717) is 0 Å². The lowest BCUT2D eigenvalue weighted by Crippen LogP contribution is -2.10. The minimum atomic E-state index is 0.131. The molecule has 0 atom stereocenters. The van der Waals surface area contributed by atoms with Crippen molar-refractivity contribution in [2.45, 2.75) is 26.2 Å². The molecule has 0 aromatic heterocycles. The molecular formula is C52H41N. The van der Waals surface area contributed by atoms with Crippen molar-refractivity contribution in [3.8, 4) is 33.4 Å². The van der Waals surface area contributed by atoms with Crippen molar-refractivity contribution in [1.29, 1.82) is 0 Å². The van der Waals surface area contributed by atoms with Gasteiger partial charge in [0.1, 0.15) is 0 Å². The molecule has 0 N–H and O–H groups in total. The highest BCUT2D eigenvalue weighted by molar-refractivity contribution is 6.25. The molecule has 0 bridgehead atoms. The van der Waals surface area contributed by atoms with Crippen LogP contribution < -0.4 is 4.90 Å². The first kappa shape index (κ1) is 32.5. The number of anilines is 3. The Hall–Kier alpha value is -6.44. The van der Waals surface area contributed by atoms with Gasteiger partial charge in [-0.05, 0) is 119 Å². The molecule has 1 heteroatoms. The van der Waals surface area contributed by atoms with Gasteiger partial charge in [-0.2, -0.15) is 0 Å². The van der Waals surface area contributed by atoms with E-state index >= 15 is 0 Å². The van der Waals surface area contributed by atoms with Crippen LogP contribution in [0.3, 0.4) is 0 Å². The Morgan fingerprint density at radius 3 is 1.04 bits per heavy atom. The summed E-state index contributed by atoms with van der Waals surface area (Å²) in [6, 6.07) is 70.9. The molecule has 1 nitrogen and oxygen atoms in total. The van der Waals surface area contributed by atoms with E-state index in [-0.39, 0.29) is 5.41 Å². The summed E-state index contributed by atoms with van der Waals surface area (Å²) in [6.07, 6.45) is 0. The van der Waals surface area contributed by atoms with Gasteiger partial charge in [0, 0.05) is 17.1 Å². The van der Waals surface area contributed by atoms with Crippen molar-refractivity contribution in [3.05, 3.63) is 200 Å². The number of hydrogen-bond donors (Lipinski definition) is 0. The topological polar surface area (TPSA) is 3.24 Å². The molecule has 9 rings (SSSR count). The summed E-state index contributed by atoms with van der Waals surface area (Å²) in [5.74, 6) is 0. The Labute approximate surface area is 312 Å². The predicted octanol–water partition coefficient (Wildman–Crippen LogP) is 14.9. The summed E-state index contributed by atoms with van der Waals surface area (Å²) in [5, 5.41) is 7.76. The van der Waals surface area contributed by atoms with Gasteiger partial charge in [-0.15, -0.1) is 0 Å². The van der Waals surface area contributed by atoms with Crippen molar-refractivity contribution < 1.29 is 0 Å². The maximum absolute atomic E-state index is 2.37. The Morgan fingerprint density at radius 1 is 0.283 bits per heavy atom. The Balaban J connectivity index is 1.10. The average molecular weight is 680 g/mol. The second kappa shape index (κ2) is 13.3. The fourth-order valence-corrected chi connectivity index (χ4v) is 7.74. The molecule has 0 saturated carbocycles. The van der Waals surface area contributed by atoms with Gasteiger partial charge in [-0.3, -0.25) is 0 Å². The average Bonchev–Trinajstić information content (AvgIpc) is 3.22. The van der Waals surface area contributed by atoms with Crippen LogP contribution in [0.1, 0.15) is 26.3 Å². The number of hydrogen-bond acceptors (Lipinski definition) is 1. The molecule has 9 aromatic carbocycles. The monoisotopic (exact) mass is 679 g/mol. The van der Waals surface area contributed by atoms with Crippen molar-refractivity contribution in [2.75, 3.05) is 4.90 Å². The lowest BCUT2D eigenvalue weighted by Gasteiger charge is -2.26. The maximum Gasteiger partial charge on any atom is 0.0462 e. The maximum atomic E-state index is 2.37. The van der Waals surface area contributed by atoms with Crippen LogP contribution in [0.25, 0.3) is 65.7 Å². The normalized spacial score (nSPS) is 11.7. The van der Waals surface area contributed by atoms with Gasteiger partial charge >= 0.3 is 0 Å². The first-order chi connectivity index (χ1) is 25.9. The molecule has 0 aliphatic carbocycles. The summed E-state index contributed by atoms with van der Waals surface area (Å²) < 4.78 is 0. The third-order valence-corrected chi connectivity index (χ3v) is 10.6. The Bertz CT molecular complexity index is 2660. The second-order valence-corrected chi connectivity index (χ2v) is 15.0. The smallest absolute Gasteiger partial charge is 0.0462 e. The molecule has 0 radical (unpaired) electrons. The zero-order valence-electron chi connectivity index (χ0n) is 30.4. The molecule has 53 heavy (non-hydrogen) atoms. The molecule has 0 aliphatic rings. The molecule has 254 valence electrons. The Morgan fingerprint density at radius 2 is 0.604 bits per heavy atom. The van der Waals surface area contributed by atoms with E-state index in [4.69, 9.17) is 0 Å². The van der Waals surface area contributed by atoms with Gasteiger partial charge in [0.25, 0.3) is 0 Å². The zero-order valence-corrected chi connectivity index (χ0v) is 30.4. The standard InChI is InChI=1S/C52H41N/c1-52(2,3)42-26-17-37(18-27-42)39-21-30-44(31-22-39)53(43-28-19-38(20-29-43)36-11-5-4-6-12-36)45-32-23-40(24-33-45)41-25-34-50-48-15-8-7-13-46(48)47-14-9-10-16-49(47)51(50)35-41/h4-35H,1-3H3. The van der Waals surface area contributed by atoms with Crippen LogP contribution in [0, 0.1) is 0 Å². The van der Waals surface area contributed by atoms with Crippen LogP contribution in [0.15, 0.2) is 194 Å². The molecule has 0 saturated heterocycles.